The van der Waals surface area contributed by atoms with E-state index in [0.717, 1.165) is 19.5 Å². The second-order valence-corrected chi connectivity index (χ2v) is 5.90. The molecule has 1 fully saturated rings. The number of hydrogen-bond acceptors (Lipinski definition) is 3. The normalized spacial score (nSPS) is 17.5. The fourth-order valence-corrected chi connectivity index (χ4v) is 2.82. The molecule has 3 nitrogen and oxygen atoms in total. The van der Waals surface area contributed by atoms with E-state index < -0.39 is 0 Å². The highest BCUT2D eigenvalue weighted by atomic mass is 32.1. The van der Waals surface area contributed by atoms with Crippen LogP contribution in [0.1, 0.15) is 23.6 Å². The molecule has 17 heavy (non-hydrogen) atoms. The number of hydrogen-bond donors (Lipinski definition) is 2. The third-order valence-electron chi connectivity index (χ3n) is 3.44. The molecule has 0 aromatic carbocycles. The lowest BCUT2D eigenvalue weighted by Crippen LogP contribution is -2.49. The smallest absolute Gasteiger partial charge is 0.223 e. The number of rotatable bonds is 5. The third kappa shape index (κ3) is 3.07. The Morgan fingerprint density at radius 3 is 2.76 bits per heavy atom. The predicted octanol–water partition coefficient (Wildman–Crippen LogP) is 1.78. The van der Waals surface area contributed by atoms with E-state index in [2.05, 4.69) is 29.7 Å². The van der Waals surface area contributed by atoms with Crippen molar-refractivity contribution in [2.45, 2.75) is 26.8 Å². The van der Waals surface area contributed by atoms with Crippen molar-refractivity contribution in [1.82, 2.24) is 10.6 Å². The van der Waals surface area contributed by atoms with Crippen LogP contribution in [0.2, 0.25) is 0 Å². The third-order valence-corrected chi connectivity index (χ3v) is 4.67. The molecule has 1 aliphatic rings. The van der Waals surface area contributed by atoms with Crippen molar-refractivity contribution < 1.29 is 4.79 Å². The zero-order chi connectivity index (χ0) is 12.3. The van der Waals surface area contributed by atoms with Gasteiger partial charge in [-0.05, 0) is 37.6 Å². The Balaban J connectivity index is 1.78. The van der Waals surface area contributed by atoms with E-state index in [1.165, 1.54) is 9.75 Å². The van der Waals surface area contributed by atoms with Crippen LogP contribution in [0, 0.1) is 11.8 Å². The molecule has 1 unspecified atom stereocenters. The molecular weight excluding hydrogens is 232 g/mol. The van der Waals surface area contributed by atoms with Gasteiger partial charge in [0.05, 0.1) is 6.54 Å². The molecule has 2 heterocycles. The van der Waals surface area contributed by atoms with E-state index in [4.69, 9.17) is 0 Å². The highest BCUT2D eigenvalue weighted by Crippen LogP contribution is 2.18. The van der Waals surface area contributed by atoms with Crippen LogP contribution >= 0.6 is 11.3 Å². The zero-order valence-electron chi connectivity index (χ0n) is 10.5. The van der Waals surface area contributed by atoms with Crippen molar-refractivity contribution in [3.05, 3.63) is 21.9 Å². The minimum atomic E-state index is 0.127. The van der Waals surface area contributed by atoms with Crippen molar-refractivity contribution in [1.29, 1.82) is 0 Å². The number of carbonyl (C=O) groups excluding carboxylic acids is 1. The van der Waals surface area contributed by atoms with E-state index >= 15 is 0 Å². The quantitative estimate of drug-likeness (QED) is 0.839. The fraction of sp³-hybridized carbons (Fsp3) is 0.615. The zero-order valence-corrected chi connectivity index (χ0v) is 11.3. The van der Waals surface area contributed by atoms with Gasteiger partial charge >= 0.3 is 0 Å². The molecule has 1 aliphatic heterocycles. The Morgan fingerprint density at radius 2 is 2.24 bits per heavy atom. The Bertz CT molecular complexity index is 385. The van der Waals surface area contributed by atoms with E-state index in [9.17, 15) is 4.79 Å². The SMILES string of the molecule is CCc1ccc(CNC(=O)C(C)C2CNC2)s1. The number of carbonyl (C=O) groups is 1. The first-order valence-corrected chi connectivity index (χ1v) is 7.08. The number of aryl methyl sites for hydroxylation is 1. The van der Waals surface area contributed by atoms with Crippen molar-refractivity contribution >= 4 is 17.2 Å². The highest BCUT2D eigenvalue weighted by Gasteiger charge is 2.28. The summed E-state index contributed by atoms with van der Waals surface area (Å²) in [4.78, 5) is 14.5. The molecule has 0 radical (unpaired) electrons. The molecule has 1 amide bonds. The van der Waals surface area contributed by atoms with Gasteiger partial charge in [0.15, 0.2) is 0 Å². The van der Waals surface area contributed by atoms with Gasteiger partial charge in [0, 0.05) is 15.7 Å². The minimum absolute atomic E-state index is 0.127. The van der Waals surface area contributed by atoms with Crippen LogP contribution < -0.4 is 10.6 Å². The monoisotopic (exact) mass is 252 g/mol. The Labute approximate surface area is 107 Å². The van der Waals surface area contributed by atoms with Gasteiger partial charge in [-0.3, -0.25) is 4.79 Å². The van der Waals surface area contributed by atoms with Gasteiger partial charge in [-0.15, -0.1) is 11.3 Å². The standard InChI is InChI=1S/C13H20N2OS/c1-3-11-4-5-12(17-11)8-15-13(16)9(2)10-6-14-7-10/h4-5,9-10,14H,3,6-8H2,1-2H3,(H,15,16). The van der Waals surface area contributed by atoms with Crippen LogP contribution in [0.15, 0.2) is 12.1 Å². The van der Waals surface area contributed by atoms with Crippen LogP contribution in [0.25, 0.3) is 0 Å². The maximum atomic E-state index is 11.9. The van der Waals surface area contributed by atoms with Crippen LogP contribution in [-0.4, -0.2) is 19.0 Å². The van der Waals surface area contributed by atoms with Crippen LogP contribution in [0.5, 0.6) is 0 Å². The summed E-state index contributed by atoms with van der Waals surface area (Å²) in [5.41, 5.74) is 0. The summed E-state index contributed by atoms with van der Waals surface area (Å²) >= 11 is 1.79. The Hall–Kier alpha value is -0.870. The summed E-state index contributed by atoms with van der Waals surface area (Å²) in [5.74, 6) is 0.828. The van der Waals surface area contributed by atoms with Gasteiger partial charge < -0.3 is 10.6 Å². The van der Waals surface area contributed by atoms with E-state index in [-0.39, 0.29) is 11.8 Å². The average molecular weight is 252 g/mol. The Morgan fingerprint density at radius 1 is 1.53 bits per heavy atom. The summed E-state index contributed by atoms with van der Waals surface area (Å²) in [6.07, 6.45) is 1.07. The summed E-state index contributed by atoms with van der Waals surface area (Å²) in [6.45, 7) is 6.81. The van der Waals surface area contributed by atoms with Gasteiger partial charge in [-0.1, -0.05) is 13.8 Å². The van der Waals surface area contributed by atoms with Crippen LogP contribution in [0.3, 0.4) is 0 Å². The second-order valence-electron chi connectivity index (χ2n) is 4.65. The number of amides is 1. The van der Waals surface area contributed by atoms with Crippen molar-refractivity contribution in [2.24, 2.45) is 11.8 Å². The van der Waals surface area contributed by atoms with Gasteiger partial charge in [-0.2, -0.15) is 0 Å². The molecule has 2 N–H and O–H groups in total. The summed E-state index contributed by atoms with van der Waals surface area (Å²) in [6, 6.07) is 4.25. The lowest BCUT2D eigenvalue weighted by molar-refractivity contribution is -0.126. The van der Waals surface area contributed by atoms with Crippen LogP contribution in [-0.2, 0) is 17.8 Å². The summed E-state index contributed by atoms with van der Waals surface area (Å²) < 4.78 is 0. The maximum Gasteiger partial charge on any atom is 0.223 e. The van der Waals surface area contributed by atoms with Gasteiger partial charge in [-0.25, -0.2) is 0 Å². The topological polar surface area (TPSA) is 41.1 Å². The molecule has 0 saturated carbocycles. The number of thiophene rings is 1. The first-order valence-electron chi connectivity index (χ1n) is 6.26. The molecule has 1 atom stereocenters. The molecule has 1 aromatic rings. The van der Waals surface area contributed by atoms with Crippen molar-refractivity contribution in [3.63, 3.8) is 0 Å². The predicted molar refractivity (Wildman–Crippen MR) is 71.1 cm³/mol. The highest BCUT2D eigenvalue weighted by molar-refractivity contribution is 7.11. The molecule has 0 bridgehead atoms. The molecule has 1 aromatic heterocycles. The number of nitrogens with one attached hydrogen (secondary N) is 2. The largest absolute Gasteiger partial charge is 0.351 e. The summed E-state index contributed by atoms with van der Waals surface area (Å²) in [7, 11) is 0. The summed E-state index contributed by atoms with van der Waals surface area (Å²) in [5, 5.41) is 6.23. The Kier molecular flexibility index (Phi) is 4.18. The lowest BCUT2D eigenvalue weighted by atomic mass is 9.88. The van der Waals surface area contributed by atoms with Gasteiger partial charge in [0.25, 0.3) is 0 Å². The maximum absolute atomic E-state index is 11.9. The molecule has 2 rings (SSSR count). The first-order chi connectivity index (χ1) is 8.20. The van der Waals surface area contributed by atoms with Crippen molar-refractivity contribution in [3.8, 4) is 0 Å². The molecule has 0 spiro atoms. The van der Waals surface area contributed by atoms with Gasteiger partial charge in [0.1, 0.15) is 0 Å². The lowest BCUT2D eigenvalue weighted by Gasteiger charge is -2.31. The van der Waals surface area contributed by atoms with Gasteiger partial charge in [0.2, 0.25) is 5.91 Å². The van der Waals surface area contributed by atoms with Crippen molar-refractivity contribution in [2.75, 3.05) is 13.1 Å². The van der Waals surface area contributed by atoms with E-state index in [0.29, 0.717) is 12.5 Å². The van der Waals surface area contributed by atoms with E-state index in [1.54, 1.807) is 11.3 Å². The first kappa shape index (κ1) is 12.6. The minimum Gasteiger partial charge on any atom is -0.351 e. The van der Waals surface area contributed by atoms with Crippen LogP contribution in [0.4, 0.5) is 0 Å². The second kappa shape index (κ2) is 5.65. The van der Waals surface area contributed by atoms with E-state index in [1.807, 2.05) is 6.92 Å². The molecule has 94 valence electrons. The molecular formula is C13H20N2OS. The molecule has 4 heteroatoms. The molecule has 0 aliphatic carbocycles. The average Bonchev–Trinajstić information content (AvgIpc) is 2.71. The fourth-order valence-electron chi connectivity index (χ4n) is 1.92. The molecule has 1 saturated heterocycles.